The van der Waals surface area contributed by atoms with E-state index in [4.69, 9.17) is 5.73 Å². The topological polar surface area (TPSA) is 73.6 Å². The molecule has 0 spiro atoms. The number of thiophene rings is 1. The maximum Gasteiger partial charge on any atom is 0.102 e. The van der Waals surface area contributed by atoms with Crippen LogP contribution >= 0.6 is 27.3 Å². The number of rotatable bonds is 2. The first-order valence-corrected chi connectivity index (χ1v) is 9.26. The summed E-state index contributed by atoms with van der Waals surface area (Å²) in [6, 6.07) is 6.56. The van der Waals surface area contributed by atoms with E-state index in [1.165, 1.54) is 4.88 Å². The van der Waals surface area contributed by atoms with Crippen LogP contribution in [0.5, 0.6) is 0 Å². The highest BCUT2D eigenvalue weighted by Crippen LogP contribution is 2.48. The van der Waals surface area contributed by atoms with Gasteiger partial charge in [0, 0.05) is 20.1 Å². The predicted octanol–water partition coefficient (Wildman–Crippen LogP) is 4.83. The van der Waals surface area contributed by atoms with Crippen molar-refractivity contribution in [1.82, 2.24) is 0 Å². The van der Waals surface area contributed by atoms with E-state index >= 15 is 0 Å². The predicted molar refractivity (Wildman–Crippen MR) is 96.2 cm³/mol. The van der Waals surface area contributed by atoms with Crippen LogP contribution in [0, 0.1) is 28.6 Å². The summed E-state index contributed by atoms with van der Waals surface area (Å²) in [6.07, 6.45) is 6.07. The third-order valence-electron chi connectivity index (χ3n) is 4.45. The number of nitriles is 2. The van der Waals surface area contributed by atoms with Crippen LogP contribution < -0.4 is 5.73 Å². The highest BCUT2D eigenvalue weighted by molar-refractivity contribution is 9.10. The van der Waals surface area contributed by atoms with Gasteiger partial charge in [0.25, 0.3) is 0 Å². The minimum absolute atomic E-state index is 0.107. The van der Waals surface area contributed by atoms with Crippen molar-refractivity contribution in [1.29, 1.82) is 10.5 Å². The molecular weight excluding hydrogens is 370 g/mol. The molecule has 2 aliphatic carbocycles. The molecule has 1 aromatic heterocycles. The van der Waals surface area contributed by atoms with Gasteiger partial charge in [-0.15, -0.1) is 11.3 Å². The minimum Gasteiger partial charge on any atom is -0.397 e. The molecule has 1 atom stereocenters. The Balaban J connectivity index is 2.28. The van der Waals surface area contributed by atoms with E-state index in [9.17, 15) is 10.5 Å². The molecule has 2 aliphatic rings. The molecule has 1 unspecified atom stereocenters. The molecule has 5 heteroatoms. The van der Waals surface area contributed by atoms with Crippen LogP contribution in [0.15, 0.2) is 39.0 Å². The normalized spacial score (nSPS) is 20.7. The number of nitrogens with zero attached hydrogens (tertiary/aromatic N) is 2. The molecule has 0 radical (unpaired) electrons. The number of halogens is 1. The van der Waals surface area contributed by atoms with Gasteiger partial charge in [0.15, 0.2) is 0 Å². The van der Waals surface area contributed by atoms with Gasteiger partial charge < -0.3 is 5.73 Å². The fourth-order valence-electron chi connectivity index (χ4n) is 3.37. The molecule has 0 saturated heterocycles. The molecule has 2 N–H and O–H groups in total. The summed E-state index contributed by atoms with van der Waals surface area (Å²) in [5, 5.41) is 19.2. The second kappa shape index (κ2) is 6.35. The van der Waals surface area contributed by atoms with E-state index in [1.807, 2.05) is 0 Å². The molecule has 116 valence electrons. The fraction of sp³-hybridized carbons (Fsp3) is 0.333. The Morgan fingerprint density at radius 1 is 1.35 bits per heavy atom. The Kier molecular flexibility index (Phi) is 4.43. The molecular formula is C18H16BrN3S. The molecule has 0 bridgehead atoms. The molecule has 3 nitrogen and oxygen atoms in total. The Labute approximate surface area is 148 Å². The monoisotopic (exact) mass is 385 g/mol. The summed E-state index contributed by atoms with van der Waals surface area (Å²) in [5.41, 5.74) is 9.48. The zero-order chi connectivity index (χ0) is 16.6. The van der Waals surface area contributed by atoms with Crippen LogP contribution in [0.4, 0.5) is 0 Å². The first kappa shape index (κ1) is 16.1. The average Bonchev–Trinajstić information content (AvgIpc) is 2.94. The highest BCUT2D eigenvalue weighted by Gasteiger charge is 2.35. The zero-order valence-corrected chi connectivity index (χ0v) is 15.2. The van der Waals surface area contributed by atoms with Gasteiger partial charge in [-0.2, -0.15) is 10.5 Å². The Morgan fingerprint density at radius 2 is 2.09 bits per heavy atom. The van der Waals surface area contributed by atoms with E-state index in [1.54, 1.807) is 11.3 Å². The van der Waals surface area contributed by atoms with Crippen LogP contribution in [0.1, 0.15) is 35.9 Å². The third-order valence-corrected chi connectivity index (χ3v) is 6.73. The van der Waals surface area contributed by atoms with Gasteiger partial charge in [0.1, 0.15) is 12.1 Å². The number of hydrogen-bond donors (Lipinski definition) is 1. The standard InChI is InChI=1S/C18H16BrN3S/c1-2-15-14(19)7-16(23-15)17-11-6-4-3-5-10(11)12(8-20)18(22)13(17)9-21/h5,7,11H,2-4,6,22H2,1H3. The summed E-state index contributed by atoms with van der Waals surface area (Å²) in [5.74, 6) is 0.107. The summed E-state index contributed by atoms with van der Waals surface area (Å²) < 4.78 is 1.08. The molecule has 0 fully saturated rings. The maximum absolute atomic E-state index is 9.67. The number of fused-ring (bicyclic) bond motifs is 1. The fourth-order valence-corrected chi connectivity index (χ4v) is 5.37. The van der Waals surface area contributed by atoms with Crippen molar-refractivity contribution in [3.8, 4) is 12.1 Å². The largest absolute Gasteiger partial charge is 0.397 e. The average molecular weight is 386 g/mol. The summed E-state index contributed by atoms with van der Waals surface area (Å²) in [6.45, 7) is 2.12. The number of aryl methyl sites for hydroxylation is 1. The molecule has 0 amide bonds. The smallest absolute Gasteiger partial charge is 0.102 e. The Morgan fingerprint density at radius 3 is 2.70 bits per heavy atom. The molecule has 1 heterocycles. The van der Waals surface area contributed by atoms with Gasteiger partial charge in [-0.1, -0.05) is 13.0 Å². The Bertz CT molecular complexity index is 843. The lowest BCUT2D eigenvalue weighted by Gasteiger charge is -2.31. The van der Waals surface area contributed by atoms with E-state index in [0.717, 1.165) is 46.2 Å². The summed E-state index contributed by atoms with van der Waals surface area (Å²) in [4.78, 5) is 2.35. The van der Waals surface area contributed by atoms with Crippen molar-refractivity contribution in [2.75, 3.05) is 0 Å². The highest BCUT2D eigenvalue weighted by atomic mass is 79.9. The third kappa shape index (κ3) is 2.55. The van der Waals surface area contributed by atoms with Crippen molar-refractivity contribution in [2.24, 2.45) is 11.7 Å². The van der Waals surface area contributed by atoms with E-state index in [0.29, 0.717) is 16.8 Å². The molecule has 0 saturated carbocycles. The zero-order valence-electron chi connectivity index (χ0n) is 12.8. The summed E-state index contributed by atoms with van der Waals surface area (Å²) >= 11 is 5.32. The molecule has 23 heavy (non-hydrogen) atoms. The maximum atomic E-state index is 9.67. The number of nitrogens with two attached hydrogens (primary N) is 1. The van der Waals surface area contributed by atoms with Gasteiger partial charge in [-0.05, 0) is 58.8 Å². The van der Waals surface area contributed by atoms with Crippen molar-refractivity contribution in [3.63, 3.8) is 0 Å². The van der Waals surface area contributed by atoms with E-state index < -0.39 is 0 Å². The molecule has 1 aromatic rings. The summed E-state index contributed by atoms with van der Waals surface area (Å²) in [7, 11) is 0. The van der Waals surface area contributed by atoms with Gasteiger partial charge in [0.2, 0.25) is 0 Å². The second-order valence-electron chi connectivity index (χ2n) is 5.68. The van der Waals surface area contributed by atoms with Crippen LogP contribution in [-0.2, 0) is 6.42 Å². The van der Waals surface area contributed by atoms with Gasteiger partial charge >= 0.3 is 0 Å². The van der Waals surface area contributed by atoms with Crippen molar-refractivity contribution < 1.29 is 0 Å². The lowest BCUT2D eigenvalue weighted by molar-refractivity contribution is 0.613. The SMILES string of the molecule is CCc1sc(C2=C(C#N)C(N)=C(C#N)C3=CCCCC32)cc1Br. The van der Waals surface area contributed by atoms with Gasteiger partial charge in [-0.25, -0.2) is 0 Å². The van der Waals surface area contributed by atoms with Crippen LogP contribution in [-0.4, -0.2) is 0 Å². The van der Waals surface area contributed by atoms with Crippen LogP contribution in [0.3, 0.4) is 0 Å². The van der Waals surface area contributed by atoms with Gasteiger partial charge in [0.05, 0.1) is 16.8 Å². The Hall–Kier alpha value is -1.82. The lowest BCUT2D eigenvalue weighted by Crippen LogP contribution is -2.22. The van der Waals surface area contributed by atoms with Crippen molar-refractivity contribution in [3.05, 3.63) is 48.8 Å². The first-order chi connectivity index (χ1) is 11.1. The molecule has 3 rings (SSSR count). The van der Waals surface area contributed by atoms with E-state index in [-0.39, 0.29) is 5.92 Å². The van der Waals surface area contributed by atoms with Crippen LogP contribution in [0.25, 0.3) is 5.57 Å². The number of allylic oxidation sites excluding steroid dienone is 5. The van der Waals surface area contributed by atoms with Gasteiger partial charge in [-0.3, -0.25) is 0 Å². The molecule has 0 aromatic carbocycles. The van der Waals surface area contributed by atoms with Crippen LogP contribution in [0.2, 0.25) is 0 Å². The minimum atomic E-state index is 0.107. The second-order valence-corrected chi connectivity index (χ2v) is 7.67. The molecule has 0 aliphatic heterocycles. The van der Waals surface area contributed by atoms with Crippen molar-refractivity contribution >= 4 is 32.8 Å². The number of hydrogen-bond acceptors (Lipinski definition) is 4. The van der Waals surface area contributed by atoms with E-state index in [2.05, 4.69) is 47.1 Å². The first-order valence-electron chi connectivity index (χ1n) is 7.65. The lowest BCUT2D eigenvalue weighted by atomic mass is 9.72. The van der Waals surface area contributed by atoms with Crippen molar-refractivity contribution in [2.45, 2.75) is 32.6 Å². The quantitative estimate of drug-likeness (QED) is 0.791.